The second kappa shape index (κ2) is 7.78. The van der Waals surface area contributed by atoms with Crippen molar-refractivity contribution in [1.29, 1.82) is 0 Å². The van der Waals surface area contributed by atoms with Crippen LogP contribution in [0.2, 0.25) is 0 Å². The van der Waals surface area contributed by atoms with E-state index in [1.807, 2.05) is 52.6 Å². The summed E-state index contributed by atoms with van der Waals surface area (Å²) in [6, 6.07) is 11.7. The number of anilines is 1. The SMILES string of the molecule is CSc1ccc(NC(=O)CCn2c(-c3cccs3)n[nH]c2=S)cc1. The third-order valence-corrected chi connectivity index (χ3v) is 5.36. The highest BCUT2D eigenvalue weighted by atomic mass is 32.2. The van der Waals surface area contributed by atoms with Crippen LogP contribution in [0.1, 0.15) is 6.42 Å². The molecule has 0 radical (unpaired) electrons. The first kappa shape index (κ1) is 16.9. The van der Waals surface area contributed by atoms with Crippen LogP contribution in [-0.4, -0.2) is 26.9 Å². The molecule has 24 heavy (non-hydrogen) atoms. The lowest BCUT2D eigenvalue weighted by Crippen LogP contribution is -2.15. The monoisotopic (exact) mass is 376 g/mol. The van der Waals surface area contributed by atoms with Gasteiger partial charge in [0.15, 0.2) is 10.6 Å². The summed E-state index contributed by atoms with van der Waals surface area (Å²) < 4.78 is 2.38. The maximum absolute atomic E-state index is 12.2. The summed E-state index contributed by atoms with van der Waals surface area (Å²) in [4.78, 5) is 14.4. The van der Waals surface area contributed by atoms with Crippen LogP contribution >= 0.6 is 35.3 Å². The largest absolute Gasteiger partial charge is 0.326 e. The summed E-state index contributed by atoms with van der Waals surface area (Å²) >= 11 is 8.53. The molecule has 5 nitrogen and oxygen atoms in total. The second-order valence-corrected chi connectivity index (χ2v) is 7.22. The van der Waals surface area contributed by atoms with Crippen molar-refractivity contribution in [3.05, 3.63) is 46.5 Å². The number of thioether (sulfide) groups is 1. The Kier molecular flexibility index (Phi) is 5.49. The highest BCUT2D eigenvalue weighted by Crippen LogP contribution is 2.23. The van der Waals surface area contributed by atoms with Gasteiger partial charge in [-0.1, -0.05) is 6.07 Å². The molecular formula is C16H16N4OS3. The molecule has 0 unspecified atom stereocenters. The molecule has 2 aromatic heterocycles. The van der Waals surface area contributed by atoms with Crippen LogP contribution in [0.5, 0.6) is 0 Å². The Balaban J connectivity index is 1.64. The molecule has 0 aliphatic carbocycles. The molecule has 2 heterocycles. The molecule has 124 valence electrons. The number of hydrogen-bond donors (Lipinski definition) is 2. The molecule has 3 rings (SSSR count). The van der Waals surface area contributed by atoms with E-state index in [2.05, 4.69) is 15.5 Å². The number of carbonyl (C=O) groups is 1. The highest BCUT2D eigenvalue weighted by molar-refractivity contribution is 7.98. The van der Waals surface area contributed by atoms with Gasteiger partial charge in [-0.25, -0.2) is 0 Å². The van der Waals surface area contributed by atoms with Crippen LogP contribution in [0.15, 0.2) is 46.7 Å². The fourth-order valence-electron chi connectivity index (χ4n) is 2.23. The van der Waals surface area contributed by atoms with Gasteiger partial charge in [0.05, 0.1) is 4.88 Å². The number of aromatic nitrogens is 3. The predicted molar refractivity (Wildman–Crippen MR) is 102 cm³/mol. The fourth-order valence-corrected chi connectivity index (χ4v) is 3.58. The Morgan fingerprint density at radius 2 is 2.17 bits per heavy atom. The van der Waals surface area contributed by atoms with Crippen molar-refractivity contribution < 1.29 is 4.79 Å². The van der Waals surface area contributed by atoms with Crippen molar-refractivity contribution in [1.82, 2.24) is 14.8 Å². The van der Waals surface area contributed by atoms with E-state index < -0.39 is 0 Å². The van der Waals surface area contributed by atoms with Crippen molar-refractivity contribution in [2.75, 3.05) is 11.6 Å². The summed E-state index contributed by atoms with van der Waals surface area (Å²) in [6.45, 7) is 0.483. The van der Waals surface area contributed by atoms with Crippen LogP contribution < -0.4 is 5.32 Å². The summed E-state index contributed by atoms with van der Waals surface area (Å²) in [6.07, 6.45) is 2.35. The van der Waals surface area contributed by atoms with E-state index in [0.29, 0.717) is 17.7 Å². The van der Waals surface area contributed by atoms with Gasteiger partial charge in [-0.05, 0) is 54.2 Å². The quantitative estimate of drug-likeness (QED) is 0.494. The van der Waals surface area contributed by atoms with E-state index in [0.717, 1.165) is 16.4 Å². The maximum Gasteiger partial charge on any atom is 0.226 e. The van der Waals surface area contributed by atoms with Gasteiger partial charge in [-0.15, -0.1) is 23.1 Å². The van der Waals surface area contributed by atoms with E-state index in [9.17, 15) is 4.79 Å². The van der Waals surface area contributed by atoms with E-state index in [1.54, 1.807) is 23.1 Å². The Labute approximate surface area is 153 Å². The number of hydrogen-bond acceptors (Lipinski definition) is 5. The fraction of sp³-hybridized carbons (Fsp3) is 0.188. The first-order valence-corrected chi connectivity index (χ1v) is 9.81. The van der Waals surface area contributed by atoms with Crippen LogP contribution in [0.3, 0.4) is 0 Å². The van der Waals surface area contributed by atoms with Gasteiger partial charge in [0.25, 0.3) is 0 Å². The molecule has 1 amide bonds. The average Bonchev–Trinajstić information content (AvgIpc) is 3.23. The van der Waals surface area contributed by atoms with Gasteiger partial charge in [0.2, 0.25) is 5.91 Å². The molecular weight excluding hydrogens is 360 g/mol. The third kappa shape index (κ3) is 3.95. The Bertz CT molecular complexity index is 866. The zero-order valence-electron chi connectivity index (χ0n) is 13.0. The molecule has 8 heteroatoms. The minimum Gasteiger partial charge on any atom is -0.326 e. The normalized spacial score (nSPS) is 10.7. The first-order valence-electron chi connectivity index (χ1n) is 7.30. The number of amides is 1. The number of rotatable bonds is 6. The van der Waals surface area contributed by atoms with Crippen LogP contribution in [-0.2, 0) is 11.3 Å². The van der Waals surface area contributed by atoms with Crippen LogP contribution in [0, 0.1) is 4.77 Å². The van der Waals surface area contributed by atoms with Gasteiger partial charge in [-0.3, -0.25) is 14.5 Å². The van der Waals surface area contributed by atoms with Crippen molar-refractivity contribution in [3.63, 3.8) is 0 Å². The zero-order valence-corrected chi connectivity index (χ0v) is 15.4. The standard InChI is InChI=1S/C16H16N4OS3/c1-23-12-6-4-11(5-7-12)17-14(21)8-9-20-15(18-19-16(20)22)13-3-2-10-24-13/h2-7,10H,8-9H2,1H3,(H,17,21)(H,19,22). The molecule has 0 spiro atoms. The summed E-state index contributed by atoms with van der Waals surface area (Å²) in [5, 5.41) is 12.0. The van der Waals surface area contributed by atoms with Gasteiger partial charge < -0.3 is 5.32 Å². The van der Waals surface area contributed by atoms with Gasteiger partial charge in [0.1, 0.15) is 0 Å². The Hall–Kier alpha value is -1.90. The van der Waals surface area contributed by atoms with Crippen molar-refractivity contribution in [2.45, 2.75) is 17.9 Å². The minimum atomic E-state index is -0.0490. The number of nitrogens with zero attached hydrogens (tertiary/aromatic N) is 2. The maximum atomic E-state index is 12.2. The van der Waals surface area contributed by atoms with Crippen LogP contribution in [0.25, 0.3) is 10.7 Å². The number of nitrogens with one attached hydrogen (secondary N) is 2. The molecule has 0 bridgehead atoms. The molecule has 0 fully saturated rings. The smallest absolute Gasteiger partial charge is 0.226 e. The van der Waals surface area contributed by atoms with Crippen molar-refractivity contribution in [3.8, 4) is 10.7 Å². The van der Waals surface area contributed by atoms with E-state index in [-0.39, 0.29) is 5.91 Å². The molecule has 0 aliphatic rings. The second-order valence-electron chi connectivity index (χ2n) is 5.01. The lowest BCUT2D eigenvalue weighted by molar-refractivity contribution is -0.116. The third-order valence-electron chi connectivity index (χ3n) is 3.44. The van der Waals surface area contributed by atoms with Gasteiger partial charge in [-0.2, -0.15) is 5.10 Å². The molecule has 3 aromatic rings. The first-order chi connectivity index (χ1) is 11.7. The molecule has 0 aliphatic heterocycles. The van der Waals surface area contributed by atoms with Crippen molar-refractivity contribution in [2.24, 2.45) is 0 Å². The Morgan fingerprint density at radius 3 is 2.83 bits per heavy atom. The zero-order chi connectivity index (χ0) is 16.9. The van der Waals surface area contributed by atoms with Gasteiger partial charge in [0, 0.05) is 23.5 Å². The molecule has 0 saturated carbocycles. The molecule has 1 aromatic carbocycles. The van der Waals surface area contributed by atoms with Crippen LogP contribution in [0.4, 0.5) is 5.69 Å². The number of benzene rings is 1. The lowest BCUT2D eigenvalue weighted by Gasteiger charge is -2.08. The van der Waals surface area contributed by atoms with E-state index in [4.69, 9.17) is 12.2 Å². The number of H-pyrrole nitrogens is 1. The number of thiophene rings is 1. The molecule has 0 atom stereocenters. The molecule has 0 saturated heterocycles. The number of aromatic amines is 1. The van der Waals surface area contributed by atoms with Crippen molar-refractivity contribution >= 4 is 46.9 Å². The summed E-state index contributed by atoms with van der Waals surface area (Å²) in [7, 11) is 0. The minimum absolute atomic E-state index is 0.0490. The van der Waals surface area contributed by atoms with E-state index >= 15 is 0 Å². The summed E-state index contributed by atoms with van der Waals surface area (Å²) in [5.74, 6) is 0.722. The topological polar surface area (TPSA) is 62.7 Å². The number of carbonyl (C=O) groups excluding carboxylic acids is 1. The lowest BCUT2D eigenvalue weighted by atomic mass is 10.3. The van der Waals surface area contributed by atoms with Gasteiger partial charge >= 0.3 is 0 Å². The Morgan fingerprint density at radius 1 is 1.38 bits per heavy atom. The van der Waals surface area contributed by atoms with E-state index in [1.165, 1.54) is 4.90 Å². The average molecular weight is 377 g/mol. The summed E-state index contributed by atoms with van der Waals surface area (Å²) in [5.41, 5.74) is 0.798. The predicted octanol–water partition coefficient (Wildman–Crippen LogP) is 4.42. The molecule has 2 N–H and O–H groups in total. The highest BCUT2D eigenvalue weighted by Gasteiger charge is 2.11.